The molecular formula is C8H13NOS. The fraction of sp³-hybridized carbons (Fsp3) is 0.875. The summed E-state index contributed by atoms with van der Waals surface area (Å²) in [5.74, 6) is 0.834. The molecule has 0 unspecified atom stereocenters. The van der Waals surface area contributed by atoms with Crippen LogP contribution in [0.4, 0.5) is 0 Å². The molecule has 3 heteroatoms. The smallest absolute Gasteiger partial charge is 0.133 e. The minimum atomic E-state index is 0.323. The van der Waals surface area contributed by atoms with Gasteiger partial charge in [0.1, 0.15) is 5.40 Å². The monoisotopic (exact) mass is 171 g/mol. The van der Waals surface area contributed by atoms with E-state index >= 15 is 0 Å². The number of hydrogen-bond donors (Lipinski definition) is 0. The highest BCUT2D eigenvalue weighted by Gasteiger charge is 2.18. The predicted octanol–water partition coefficient (Wildman–Crippen LogP) is 2.16. The summed E-state index contributed by atoms with van der Waals surface area (Å²) in [6.07, 6.45) is 4.27. The van der Waals surface area contributed by atoms with E-state index < -0.39 is 0 Å². The van der Waals surface area contributed by atoms with Crippen LogP contribution in [-0.2, 0) is 4.74 Å². The van der Waals surface area contributed by atoms with Crippen LogP contribution in [0.25, 0.3) is 0 Å². The fourth-order valence-corrected chi connectivity index (χ4v) is 1.86. The Morgan fingerprint density at radius 2 is 2.45 bits per heavy atom. The first-order valence-corrected chi connectivity index (χ1v) is 4.98. The molecule has 0 spiro atoms. The Balaban J connectivity index is 2.18. The van der Waals surface area contributed by atoms with Gasteiger partial charge < -0.3 is 4.74 Å². The average Bonchev–Trinajstić information content (AvgIpc) is 2.01. The lowest BCUT2D eigenvalue weighted by Gasteiger charge is -2.26. The molecule has 0 amide bonds. The maximum Gasteiger partial charge on any atom is 0.133 e. The van der Waals surface area contributed by atoms with Gasteiger partial charge in [-0.1, -0.05) is 0 Å². The normalized spacial score (nSPS) is 31.3. The van der Waals surface area contributed by atoms with Crippen LogP contribution in [0, 0.1) is 10.7 Å². The third-order valence-electron chi connectivity index (χ3n) is 1.90. The topological polar surface area (TPSA) is 33.0 Å². The van der Waals surface area contributed by atoms with Crippen molar-refractivity contribution in [1.29, 1.82) is 5.26 Å². The van der Waals surface area contributed by atoms with Crippen LogP contribution in [0.1, 0.15) is 26.2 Å². The maximum absolute atomic E-state index is 8.32. The molecule has 62 valence electrons. The minimum absolute atomic E-state index is 0.323. The molecule has 1 heterocycles. The van der Waals surface area contributed by atoms with E-state index in [1.54, 1.807) is 0 Å². The van der Waals surface area contributed by atoms with E-state index in [1.165, 1.54) is 24.6 Å². The second-order valence-corrected chi connectivity index (χ2v) is 3.71. The summed E-state index contributed by atoms with van der Waals surface area (Å²) in [5, 5.41) is 10.4. The number of thioether (sulfide) groups is 1. The van der Waals surface area contributed by atoms with Crippen LogP contribution >= 0.6 is 11.8 Å². The molecule has 1 aliphatic rings. The van der Waals surface area contributed by atoms with Crippen molar-refractivity contribution in [3.63, 3.8) is 0 Å². The number of nitrogens with zero attached hydrogens (tertiary/aromatic N) is 1. The van der Waals surface area contributed by atoms with Crippen LogP contribution in [0.2, 0.25) is 0 Å². The van der Waals surface area contributed by atoms with Gasteiger partial charge in [0.2, 0.25) is 0 Å². The van der Waals surface area contributed by atoms with E-state index in [0.29, 0.717) is 12.2 Å². The number of hydrogen-bond acceptors (Lipinski definition) is 3. The molecule has 0 radical (unpaired) electrons. The summed E-state index contributed by atoms with van der Waals surface area (Å²) in [6, 6.07) is 0. The second kappa shape index (κ2) is 4.63. The molecular weight excluding hydrogens is 158 g/mol. The van der Waals surface area contributed by atoms with Gasteiger partial charge in [-0.3, -0.25) is 0 Å². The summed E-state index contributed by atoms with van der Waals surface area (Å²) in [6.45, 7) is 2.10. The van der Waals surface area contributed by atoms with Crippen molar-refractivity contribution in [2.24, 2.45) is 0 Å². The molecule has 1 saturated heterocycles. The Bertz CT molecular complexity index is 155. The molecule has 1 fully saturated rings. The summed E-state index contributed by atoms with van der Waals surface area (Å²) >= 11 is 1.30. The lowest BCUT2D eigenvalue weighted by molar-refractivity contribution is -0.0266. The summed E-state index contributed by atoms with van der Waals surface area (Å²) < 4.78 is 5.62. The zero-order valence-corrected chi connectivity index (χ0v) is 7.56. The van der Waals surface area contributed by atoms with Gasteiger partial charge >= 0.3 is 0 Å². The zero-order valence-electron chi connectivity index (χ0n) is 6.75. The van der Waals surface area contributed by atoms with E-state index in [-0.39, 0.29) is 0 Å². The van der Waals surface area contributed by atoms with Crippen LogP contribution < -0.4 is 0 Å². The number of thiocyanates is 1. The quantitative estimate of drug-likeness (QED) is 0.597. The molecule has 1 aliphatic heterocycles. The van der Waals surface area contributed by atoms with Gasteiger partial charge in [-0.2, -0.15) is 5.26 Å². The molecule has 11 heavy (non-hydrogen) atoms. The molecule has 0 saturated carbocycles. The standard InChI is InChI=1S/C8H13NOS/c1-7-3-2-4-8(10-7)5-11-6-9/h7-8H,2-5H2,1H3/t7-,8-/m0/s1. The van der Waals surface area contributed by atoms with Gasteiger partial charge in [0, 0.05) is 5.75 Å². The Labute approximate surface area is 71.9 Å². The number of nitriles is 1. The van der Waals surface area contributed by atoms with Gasteiger partial charge in [-0.15, -0.1) is 0 Å². The molecule has 0 aromatic carbocycles. The minimum Gasteiger partial charge on any atom is -0.374 e. The number of rotatable bonds is 2. The Hall–Kier alpha value is -0.200. The summed E-state index contributed by atoms with van der Waals surface area (Å²) in [5.41, 5.74) is 0. The van der Waals surface area contributed by atoms with Crippen LogP contribution in [0.5, 0.6) is 0 Å². The Morgan fingerprint density at radius 3 is 3.09 bits per heavy atom. The third kappa shape index (κ3) is 3.13. The van der Waals surface area contributed by atoms with Gasteiger partial charge in [0.15, 0.2) is 0 Å². The molecule has 0 aliphatic carbocycles. The van der Waals surface area contributed by atoms with Crippen molar-refractivity contribution in [2.75, 3.05) is 5.75 Å². The summed E-state index contributed by atoms with van der Waals surface area (Å²) in [7, 11) is 0. The van der Waals surface area contributed by atoms with E-state index in [1.807, 2.05) is 0 Å². The summed E-state index contributed by atoms with van der Waals surface area (Å²) in [4.78, 5) is 0. The van der Waals surface area contributed by atoms with Crippen molar-refractivity contribution in [3.05, 3.63) is 0 Å². The third-order valence-corrected chi connectivity index (χ3v) is 2.56. The second-order valence-electron chi connectivity index (χ2n) is 2.90. The first kappa shape index (κ1) is 8.89. The van der Waals surface area contributed by atoms with Crippen molar-refractivity contribution in [3.8, 4) is 5.40 Å². The van der Waals surface area contributed by atoms with Crippen molar-refractivity contribution < 1.29 is 4.74 Å². The lowest BCUT2D eigenvalue weighted by Crippen LogP contribution is -2.26. The first-order chi connectivity index (χ1) is 5.33. The number of ether oxygens (including phenoxy) is 1. The largest absolute Gasteiger partial charge is 0.374 e. The van der Waals surface area contributed by atoms with E-state index in [9.17, 15) is 0 Å². The van der Waals surface area contributed by atoms with Gasteiger partial charge in [-0.25, -0.2) is 0 Å². The molecule has 1 rings (SSSR count). The van der Waals surface area contributed by atoms with Crippen molar-refractivity contribution in [2.45, 2.75) is 38.4 Å². The first-order valence-electron chi connectivity index (χ1n) is 3.99. The molecule has 0 N–H and O–H groups in total. The van der Waals surface area contributed by atoms with Gasteiger partial charge in [0.25, 0.3) is 0 Å². The maximum atomic E-state index is 8.32. The van der Waals surface area contributed by atoms with Gasteiger partial charge in [-0.05, 0) is 37.9 Å². The SMILES string of the molecule is C[C@H]1CCC[C@@H](CSC#N)O1. The Kier molecular flexibility index (Phi) is 3.74. The Morgan fingerprint density at radius 1 is 1.64 bits per heavy atom. The molecule has 0 bridgehead atoms. The average molecular weight is 171 g/mol. The van der Waals surface area contributed by atoms with E-state index in [4.69, 9.17) is 10.00 Å². The zero-order chi connectivity index (χ0) is 8.10. The van der Waals surface area contributed by atoms with Crippen molar-refractivity contribution in [1.82, 2.24) is 0 Å². The lowest BCUT2D eigenvalue weighted by atomic mass is 10.1. The molecule has 2 nitrogen and oxygen atoms in total. The van der Waals surface area contributed by atoms with E-state index in [2.05, 4.69) is 12.3 Å². The predicted molar refractivity (Wildman–Crippen MR) is 46.3 cm³/mol. The molecule has 0 aromatic rings. The molecule has 0 aromatic heterocycles. The van der Waals surface area contributed by atoms with Crippen LogP contribution in [0.15, 0.2) is 0 Å². The fourth-order valence-electron chi connectivity index (χ4n) is 1.35. The van der Waals surface area contributed by atoms with Crippen LogP contribution in [0.3, 0.4) is 0 Å². The highest BCUT2D eigenvalue weighted by atomic mass is 32.2. The van der Waals surface area contributed by atoms with Gasteiger partial charge in [0.05, 0.1) is 12.2 Å². The van der Waals surface area contributed by atoms with E-state index in [0.717, 1.165) is 12.2 Å². The highest BCUT2D eigenvalue weighted by Crippen LogP contribution is 2.20. The highest BCUT2D eigenvalue weighted by molar-refractivity contribution is 8.03. The molecule has 2 atom stereocenters. The van der Waals surface area contributed by atoms with Crippen LogP contribution in [-0.4, -0.2) is 18.0 Å². The van der Waals surface area contributed by atoms with Crippen molar-refractivity contribution >= 4 is 11.8 Å².